The number of ether oxygens (including phenoxy) is 1. The van der Waals surface area contributed by atoms with Crippen molar-refractivity contribution in [3.05, 3.63) is 76.1 Å². The number of carbonyl (C=O) groups is 2. The van der Waals surface area contributed by atoms with Gasteiger partial charge in [-0.1, -0.05) is 43.7 Å². The zero-order chi connectivity index (χ0) is 20.6. The molecule has 0 aliphatic rings. The van der Waals surface area contributed by atoms with E-state index in [0.29, 0.717) is 16.7 Å². The normalized spacial score (nSPS) is 10.5. The molecular weight excluding hydrogens is 372 g/mol. The van der Waals surface area contributed by atoms with Crippen LogP contribution in [0.3, 0.4) is 0 Å². The summed E-state index contributed by atoms with van der Waals surface area (Å²) >= 11 is 0. The minimum absolute atomic E-state index is 0.201. The van der Waals surface area contributed by atoms with Gasteiger partial charge in [-0.2, -0.15) is 0 Å². The molecule has 0 radical (unpaired) electrons. The molecule has 0 unspecified atom stereocenters. The lowest BCUT2D eigenvalue weighted by Gasteiger charge is -2.09. The number of hydrogen-bond donors (Lipinski definition) is 2. The van der Waals surface area contributed by atoms with Crippen LogP contribution in [0.15, 0.2) is 63.8 Å². The second-order valence-electron chi connectivity index (χ2n) is 6.52. The molecule has 0 bridgehead atoms. The number of hydrogen-bond acceptors (Lipinski definition) is 5. The van der Waals surface area contributed by atoms with Crippen molar-refractivity contribution in [1.82, 2.24) is 10.9 Å². The average Bonchev–Trinajstić information content (AvgIpc) is 2.74. The fourth-order valence-electron chi connectivity index (χ4n) is 2.73. The van der Waals surface area contributed by atoms with Crippen molar-refractivity contribution in [3.63, 3.8) is 0 Å². The van der Waals surface area contributed by atoms with Crippen LogP contribution in [-0.2, 0) is 11.2 Å². The van der Waals surface area contributed by atoms with Crippen LogP contribution in [0, 0.1) is 0 Å². The number of rotatable bonds is 7. The minimum atomic E-state index is -0.783. The third-order valence-electron chi connectivity index (χ3n) is 4.31. The van der Waals surface area contributed by atoms with Crippen LogP contribution < -0.4 is 21.2 Å². The first-order valence-corrected chi connectivity index (χ1v) is 9.40. The Kier molecular flexibility index (Phi) is 6.63. The summed E-state index contributed by atoms with van der Waals surface area (Å²) in [6.07, 6.45) is 3.26. The molecule has 1 aromatic heterocycles. The van der Waals surface area contributed by atoms with E-state index in [1.54, 1.807) is 36.4 Å². The van der Waals surface area contributed by atoms with Gasteiger partial charge in [-0.05, 0) is 42.7 Å². The van der Waals surface area contributed by atoms with Gasteiger partial charge in [-0.25, -0.2) is 4.79 Å². The van der Waals surface area contributed by atoms with Crippen LogP contribution in [0.25, 0.3) is 11.0 Å². The summed E-state index contributed by atoms with van der Waals surface area (Å²) in [6, 6.07) is 15.8. The second kappa shape index (κ2) is 9.54. The van der Waals surface area contributed by atoms with E-state index in [1.165, 1.54) is 11.6 Å². The van der Waals surface area contributed by atoms with Gasteiger partial charge in [0.1, 0.15) is 16.9 Å². The van der Waals surface area contributed by atoms with Crippen molar-refractivity contribution in [1.29, 1.82) is 0 Å². The molecular formula is C22H22N2O5. The van der Waals surface area contributed by atoms with Crippen molar-refractivity contribution < 1.29 is 18.7 Å². The molecule has 2 amide bonds. The average molecular weight is 394 g/mol. The summed E-state index contributed by atoms with van der Waals surface area (Å²) in [6.45, 7) is 1.86. The first kappa shape index (κ1) is 20.1. The van der Waals surface area contributed by atoms with Gasteiger partial charge in [0.2, 0.25) is 0 Å². The van der Waals surface area contributed by atoms with Crippen molar-refractivity contribution in [2.45, 2.75) is 26.2 Å². The number of para-hydroxylation sites is 1. The lowest BCUT2D eigenvalue weighted by molar-refractivity contribution is -0.123. The number of aryl methyl sites for hydroxylation is 1. The van der Waals surface area contributed by atoms with Gasteiger partial charge in [-0.15, -0.1) is 0 Å². The number of unbranched alkanes of at least 4 members (excludes halogenated alkanes) is 1. The van der Waals surface area contributed by atoms with Gasteiger partial charge in [0.25, 0.3) is 11.8 Å². The van der Waals surface area contributed by atoms with E-state index in [4.69, 9.17) is 9.15 Å². The van der Waals surface area contributed by atoms with Crippen LogP contribution in [-0.4, -0.2) is 18.4 Å². The molecule has 2 N–H and O–H groups in total. The highest BCUT2D eigenvalue weighted by atomic mass is 16.5. The first-order chi connectivity index (χ1) is 14.1. The van der Waals surface area contributed by atoms with Crippen LogP contribution in [0.1, 0.15) is 35.7 Å². The maximum atomic E-state index is 12.2. The molecule has 0 spiro atoms. The fraction of sp³-hybridized carbons (Fsp3) is 0.227. The van der Waals surface area contributed by atoms with Gasteiger partial charge < -0.3 is 9.15 Å². The molecule has 7 nitrogen and oxygen atoms in total. The van der Waals surface area contributed by atoms with Crippen LogP contribution in [0.5, 0.6) is 5.75 Å². The van der Waals surface area contributed by atoms with Crippen molar-refractivity contribution >= 4 is 22.8 Å². The molecule has 150 valence electrons. The van der Waals surface area contributed by atoms with Crippen molar-refractivity contribution in [2.75, 3.05) is 6.61 Å². The Balaban J connectivity index is 1.51. The van der Waals surface area contributed by atoms with Crippen LogP contribution in [0.2, 0.25) is 0 Å². The summed E-state index contributed by atoms with van der Waals surface area (Å²) in [5, 5.41) is 0.606. The smallest absolute Gasteiger partial charge is 0.349 e. The highest BCUT2D eigenvalue weighted by molar-refractivity contribution is 5.97. The van der Waals surface area contributed by atoms with Crippen molar-refractivity contribution in [2.24, 2.45) is 0 Å². The molecule has 7 heteroatoms. The standard InChI is InChI=1S/C22H22N2O5/c1-2-3-6-15-9-11-17(12-10-15)28-14-20(25)23-24-21(26)18-13-16-7-4-5-8-19(16)29-22(18)27/h4-5,7-13H,2-3,6,14H2,1H3,(H,23,25)(H,24,26). The Labute approximate surface area is 167 Å². The lowest BCUT2D eigenvalue weighted by atomic mass is 10.1. The topological polar surface area (TPSA) is 97.6 Å². The lowest BCUT2D eigenvalue weighted by Crippen LogP contribution is -2.45. The largest absolute Gasteiger partial charge is 0.484 e. The summed E-state index contributed by atoms with van der Waals surface area (Å²) in [4.78, 5) is 36.0. The molecule has 0 aliphatic heterocycles. The minimum Gasteiger partial charge on any atom is -0.484 e. The maximum Gasteiger partial charge on any atom is 0.349 e. The molecule has 0 aliphatic carbocycles. The zero-order valence-electron chi connectivity index (χ0n) is 16.1. The molecule has 3 rings (SSSR count). The fourth-order valence-corrected chi connectivity index (χ4v) is 2.73. The van der Waals surface area contributed by atoms with Gasteiger partial charge in [0, 0.05) is 5.39 Å². The molecule has 1 heterocycles. The molecule has 29 heavy (non-hydrogen) atoms. The van der Waals surface area contributed by atoms with Gasteiger partial charge in [-0.3, -0.25) is 20.4 Å². The van der Waals surface area contributed by atoms with E-state index in [1.807, 2.05) is 12.1 Å². The number of fused-ring (bicyclic) bond motifs is 1. The first-order valence-electron chi connectivity index (χ1n) is 9.40. The molecule has 3 aromatic rings. The highest BCUT2D eigenvalue weighted by Gasteiger charge is 2.14. The van der Waals surface area contributed by atoms with E-state index in [2.05, 4.69) is 17.8 Å². The number of benzene rings is 2. The van der Waals surface area contributed by atoms with Crippen LogP contribution >= 0.6 is 0 Å². The van der Waals surface area contributed by atoms with E-state index in [-0.39, 0.29) is 12.2 Å². The van der Waals surface area contributed by atoms with Gasteiger partial charge >= 0.3 is 5.63 Å². The van der Waals surface area contributed by atoms with Gasteiger partial charge in [0.15, 0.2) is 6.61 Å². The maximum absolute atomic E-state index is 12.2. The Morgan fingerprint density at radius 2 is 1.79 bits per heavy atom. The predicted octanol–water partition coefficient (Wildman–Crippen LogP) is 2.98. The van der Waals surface area contributed by atoms with Crippen LogP contribution in [0.4, 0.5) is 0 Å². The molecule has 0 saturated carbocycles. The van der Waals surface area contributed by atoms with Crippen molar-refractivity contribution in [3.8, 4) is 5.75 Å². The van der Waals surface area contributed by atoms with E-state index < -0.39 is 17.4 Å². The molecule has 0 saturated heterocycles. The molecule has 0 fully saturated rings. The predicted molar refractivity (Wildman–Crippen MR) is 109 cm³/mol. The zero-order valence-corrected chi connectivity index (χ0v) is 16.1. The van der Waals surface area contributed by atoms with Gasteiger partial charge in [0.05, 0.1) is 0 Å². The van der Waals surface area contributed by atoms with E-state index >= 15 is 0 Å². The molecule has 2 aromatic carbocycles. The van der Waals surface area contributed by atoms with E-state index in [9.17, 15) is 14.4 Å². The summed E-state index contributed by atoms with van der Waals surface area (Å²) in [7, 11) is 0. The SMILES string of the molecule is CCCCc1ccc(OCC(=O)NNC(=O)c2cc3ccccc3oc2=O)cc1. The Hall–Kier alpha value is -3.61. The summed E-state index contributed by atoms with van der Waals surface area (Å²) in [5.41, 5.74) is 5.03. The number of hydrazine groups is 1. The highest BCUT2D eigenvalue weighted by Crippen LogP contribution is 2.14. The third-order valence-corrected chi connectivity index (χ3v) is 4.31. The second-order valence-corrected chi connectivity index (χ2v) is 6.52. The number of amides is 2. The Morgan fingerprint density at radius 3 is 2.55 bits per heavy atom. The summed E-state index contributed by atoms with van der Waals surface area (Å²) in [5.74, 6) is -0.765. The van der Waals surface area contributed by atoms with E-state index in [0.717, 1.165) is 19.3 Å². The molecule has 0 atom stereocenters. The monoisotopic (exact) mass is 394 g/mol. The number of carbonyl (C=O) groups excluding carboxylic acids is 2. The Morgan fingerprint density at radius 1 is 1.03 bits per heavy atom. The third kappa shape index (κ3) is 5.44. The number of nitrogens with one attached hydrogen (secondary N) is 2. The quantitative estimate of drug-likeness (QED) is 0.474. The summed E-state index contributed by atoms with van der Waals surface area (Å²) < 4.78 is 10.5. The Bertz CT molecular complexity index is 1060.